The molecule has 0 fully saturated rings. The number of nitrogens with zero attached hydrogens (tertiary/aromatic N) is 1. The Balaban J connectivity index is 2.38. The van der Waals surface area contributed by atoms with Crippen molar-refractivity contribution in [3.8, 4) is 0 Å². The number of nitrogens with one attached hydrogen (secondary N) is 2. The summed E-state index contributed by atoms with van der Waals surface area (Å²) in [5, 5.41) is 16.1. The fourth-order valence-corrected chi connectivity index (χ4v) is 2.34. The molecule has 28 heavy (non-hydrogen) atoms. The van der Waals surface area contributed by atoms with Crippen molar-refractivity contribution in [3.63, 3.8) is 0 Å². The average molecular weight is 395 g/mol. The summed E-state index contributed by atoms with van der Waals surface area (Å²) in [6, 6.07) is 4.68. The zero-order valence-corrected chi connectivity index (χ0v) is 15.9. The normalized spacial score (nSPS) is 11.4. The van der Waals surface area contributed by atoms with Crippen molar-refractivity contribution in [1.29, 1.82) is 0 Å². The van der Waals surface area contributed by atoms with Gasteiger partial charge < -0.3 is 14.8 Å². The van der Waals surface area contributed by atoms with Crippen LogP contribution in [-0.4, -0.2) is 55.6 Å². The van der Waals surface area contributed by atoms with Crippen LogP contribution < -0.4 is 10.6 Å². The van der Waals surface area contributed by atoms with Gasteiger partial charge >= 0.3 is 11.9 Å². The van der Waals surface area contributed by atoms with Crippen molar-refractivity contribution in [2.75, 3.05) is 26.8 Å². The molecule has 0 aliphatic carbocycles. The van der Waals surface area contributed by atoms with Gasteiger partial charge in [-0.15, -0.1) is 0 Å². The molecule has 0 aliphatic heterocycles. The Bertz CT molecular complexity index is 676. The van der Waals surface area contributed by atoms with E-state index >= 15 is 0 Å². The smallest absolute Gasteiger partial charge is 0.323 e. The first-order valence-electron chi connectivity index (χ1n) is 8.88. The maximum absolute atomic E-state index is 12.0. The second-order valence-electron chi connectivity index (χ2n) is 5.82. The third kappa shape index (κ3) is 8.12. The van der Waals surface area contributed by atoms with Crippen LogP contribution in [0.15, 0.2) is 24.3 Å². The zero-order valence-electron chi connectivity index (χ0n) is 15.9. The van der Waals surface area contributed by atoms with Gasteiger partial charge in [-0.2, -0.15) is 0 Å². The molecule has 10 nitrogen and oxygen atoms in total. The number of esters is 2. The highest BCUT2D eigenvalue weighted by molar-refractivity contribution is 5.94. The quantitative estimate of drug-likeness (QED) is 0.233. The molecule has 0 spiro atoms. The molecule has 0 heterocycles. The molecule has 0 aliphatic rings. The van der Waals surface area contributed by atoms with Crippen LogP contribution in [0.4, 0.5) is 5.69 Å². The first-order chi connectivity index (χ1) is 13.4. The van der Waals surface area contributed by atoms with E-state index in [0.29, 0.717) is 31.4 Å². The Hall–Kier alpha value is -3.01. The van der Waals surface area contributed by atoms with E-state index in [1.165, 1.54) is 31.4 Å². The molecule has 1 rings (SSSR count). The number of hydrogen-bond acceptors (Lipinski definition) is 8. The van der Waals surface area contributed by atoms with Crippen LogP contribution in [0.2, 0.25) is 0 Å². The monoisotopic (exact) mass is 395 g/mol. The molecule has 1 aromatic rings. The van der Waals surface area contributed by atoms with Gasteiger partial charge in [-0.1, -0.05) is 0 Å². The predicted molar refractivity (Wildman–Crippen MR) is 99.7 cm³/mol. The minimum Gasteiger partial charge on any atom is -0.468 e. The average Bonchev–Trinajstić information content (AvgIpc) is 2.69. The molecule has 1 aromatic carbocycles. The van der Waals surface area contributed by atoms with E-state index < -0.39 is 22.9 Å². The lowest BCUT2D eigenvalue weighted by Gasteiger charge is -2.16. The summed E-state index contributed by atoms with van der Waals surface area (Å²) in [6.07, 6.45) is 1.65. The van der Waals surface area contributed by atoms with Gasteiger partial charge in [0.25, 0.3) is 11.6 Å². The molecule has 0 bridgehead atoms. The number of benzene rings is 1. The highest BCUT2D eigenvalue weighted by atomic mass is 16.6. The molecule has 0 radical (unpaired) electrons. The molecule has 0 saturated heterocycles. The summed E-state index contributed by atoms with van der Waals surface area (Å²) in [4.78, 5) is 45.2. The Morgan fingerprint density at radius 2 is 1.86 bits per heavy atom. The Morgan fingerprint density at radius 1 is 1.18 bits per heavy atom. The number of carbonyl (C=O) groups excluding carboxylic acids is 3. The maximum Gasteiger partial charge on any atom is 0.323 e. The van der Waals surface area contributed by atoms with Crippen molar-refractivity contribution >= 4 is 23.5 Å². The van der Waals surface area contributed by atoms with E-state index in [0.717, 1.165) is 0 Å². The largest absolute Gasteiger partial charge is 0.468 e. The summed E-state index contributed by atoms with van der Waals surface area (Å²) in [6.45, 7) is 2.21. The molecule has 10 heteroatoms. The third-order valence-corrected chi connectivity index (χ3v) is 3.84. The fourth-order valence-electron chi connectivity index (χ4n) is 2.34. The van der Waals surface area contributed by atoms with Crippen molar-refractivity contribution in [3.05, 3.63) is 39.9 Å². The number of nitro benzene ring substituents is 1. The van der Waals surface area contributed by atoms with Crippen molar-refractivity contribution in [1.82, 2.24) is 10.6 Å². The highest BCUT2D eigenvalue weighted by Crippen LogP contribution is 2.11. The molecule has 1 atom stereocenters. The van der Waals surface area contributed by atoms with E-state index in [1.807, 2.05) is 0 Å². The summed E-state index contributed by atoms with van der Waals surface area (Å²) in [5.74, 6) is -1.26. The second-order valence-corrected chi connectivity index (χ2v) is 5.82. The van der Waals surface area contributed by atoms with E-state index in [-0.39, 0.29) is 24.7 Å². The van der Waals surface area contributed by atoms with Gasteiger partial charge in [-0.05, 0) is 38.3 Å². The second kappa shape index (κ2) is 12.4. The lowest BCUT2D eigenvalue weighted by Crippen LogP contribution is -2.41. The summed E-state index contributed by atoms with van der Waals surface area (Å²) in [5.41, 5.74) is 0.246. The molecule has 0 aromatic heterocycles. The SMILES string of the molecule is CCOC(=O)C(CCCCNC(=O)c1ccc([N+](=O)[O-])cc1)NCC(=O)OC. The van der Waals surface area contributed by atoms with E-state index in [2.05, 4.69) is 15.4 Å². The molecule has 1 amide bonds. The van der Waals surface area contributed by atoms with Crippen LogP contribution >= 0.6 is 0 Å². The van der Waals surface area contributed by atoms with Crippen molar-refractivity contribution in [2.24, 2.45) is 0 Å². The van der Waals surface area contributed by atoms with Crippen molar-refractivity contribution < 1.29 is 28.8 Å². The van der Waals surface area contributed by atoms with Gasteiger partial charge in [0.15, 0.2) is 0 Å². The standard InChI is InChI=1S/C18H25N3O7/c1-3-28-18(24)15(20-12-16(22)27-2)6-4-5-11-19-17(23)13-7-9-14(10-8-13)21(25)26/h7-10,15,20H,3-6,11-12H2,1-2H3,(H,19,23). The first-order valence-corrected chi connectivity index (χ1v) is 8.88. The fraction of sp³-hybridized carbons (Fsp3) is 0.500. The summed E-state index contributed by atoms with van der Waals surface area (Å²) >= 11 is 0. The number of amides is 1. The van der Waals surface area contributed by atoms with Crippen LogP contribution in [0.25, 0.3) is 0 Å². The van der Waals surface area contributed by atoms with E-state index in [9.17, 15) is 24.5 Å². The van der Waals surface area contributed by atoms with Crippen molar-refractivity contribution in [2.45, 2.75) is 32.2 Å². The predicted octanol–water partition coefficient (Wildman–Crippen LogP) is 1.19. The van der Waals surface area contributed by atoms with Gasteiger partial charge in [0.05, 0.1) is 25.2 Å². The van der Waals surface area contributed by atoms with Crippen LogP contribution in [0.3, 0.4) is 0 Å². The van der Waals surface area contributed by atoms with Crippen LogP contribution in [0.1, 0.15) is 36.5 Å². The van der Waals surface area contributed by atoms with Gasteiger partial charge in [-0.25, -0.2) is 0 Å². The molecular weight excluding hydrogens is 370 g/mol. The summed E-state index contributed by atoms with van der Waals surface area (Å²) in [7, 11) is 1.26. The lowest BCUT2D eigenvalue weighted by atomic mass is 10.1. The van der Waals surface area contributed by atoms with E-state index in [1.54, 1.807) is 6.92 Å². The van der Waals surface area contributed by atoms with E-state index in [4.69, 9.17) is 4.74 Å². The molecule has 0 saturated carbocycles. The maximum atomic E-state index is 12.0. The molecule has 2 N–H and O–H groups in total. The number of methoxy groups -OCH3 is 1. The number of ether oxygens (including phenoxy) is 2. The molecule has 1 unspecified atom stereocenters. The van der Waals surface area contributed by atoms with Crippen LogP contribution in [0.5, 0.6) is 0 Å². The summed E-state index contributed by atoms with van der Waals surface area (Å²) < 4.78 is 9.51. The number of unbranched alkanes of at least 4 members (excludes halogenated alkanes) is 1. The van der Waals surface area contributed by atoms with Crippen LogP contribution in [0, 0.1) is 10.1 Å². The lowest BCUT2D eigenvalue weighted by molar-refractivity contribution is -0.384. The Labute approximate surface area is 162 Å². The number of hydrogen-bond donors (Lipinski definition) is 2. The van der Waals surface area contributed by atoms with Gasteiger partial charge in [-0.3, -0.25) is 29.8 Å². The van der Waals surface area contributed by atoms with Gasteiger partial charge in [0, 0.05) is 24.2 Å². The van der Waals surface area contributed by atoms with Gasteiger partial charge in [0.1, 0.15) is 6.04 Å². The number of rotatable bonds is 12. The Morgan fingerprint density at radius 3 is 2.43 bits per heavy atom. The molecule has 154 valence electrons. The van der Waals surface area contributed by atoms with Crippen LogP contribution in [-0.2, 0) is 19.1 Å². The minimum atomic E-state index is -0.635. The highest BCUT2D eigenvalue weighted by Gasteiger charge is 2.20. The minimum absolute atomic E-state index is 0.0824. The number of non-ortho nitro benzene ring substituents is 1. The van der Waals surface area contributed by atoms with Gasteiger partial charge in [0.2, 0.25) is 0 Å². The molecular formula is C18H25N3O7. The first kappa shape index (κ1) is 23.0. The third-order valence-electron chi connectivity index (χ3n) is 3.84. The number of carbonyl (C=O) groups is 3. The Kier molecular flexibility index (Phi) is 10.2. The topological polar surface area (TPSA) is 137 Å². The zero-order chi connectivity index (χ0) is 20.9. The number of nitro groups is 1.